The van der Waals surface area contributed by atoms with Crippen LogP contribution in [0, 0.1) is 0 Å². The third-order valence-corrected chi connectivity index (χ3v) is 3.71. The van der Waals surface area contributed by atoms with Crippen LogP contribution in [0.25, 0.3) is 10.9 Å². The molecule has 2 aromatic heterocycles. The molecule has 0 bridgehead atoms. The Morgan fingerprint density at radius 3 is 2.90 bits per heavy atom. The average Bonchev–Trinajstić information content (AvgIpc) is 2.89. The lowest BCUT2D eigenvalue weighted by Crippen LogP contribution is -2.04. The van der Waals surface area contributed by atoms with Crippen LogP contribution in [0.3, 0.4) is 0 Å². The second-order valence-electron chi connectivity index (χ2n) is 4.40. The molecule has 0 aliphatic carbocycles. The van der Waals surface area contributed by atoms with Crippen LogP contribution < -0.4 is 10.2 Å². The molecule has 0 unspecified atom stereocenters. The van der Waals surface area contributed by atoms with E-state index in [0.29, 0.717) is 23.3 Å². The maximum atomic E-state index is 11.1. The number of anilines is 1. The Balaban J connectivity index is 1.87. The summed E-state index contributed by atoms with van der Waals surface area (Å²) in [7, 11) is 0. The molecule has 0 spiro atoms. The molecule has 3 N–H and O–H groups in total. The van der Waals surface area contributed by atoms with E-state index >= 15 is 0 Å². The summed E-state index contributed by atoms with van der Waals surface area (Å²) in [5.41, 5.74) is 1.62. The van der Waals surface area contributed by atoms with Crippen molar-refractivity contribution in [2.75, 3.05) is 5.32 Å². The minimum Gasteiger partial charge on any atom is -0.478 e. The highest BCUT2D eigenvalue weighted by atomic mass is 32.1. The van der Waals surface area contributed by atoms with Gasteiger partial charge in [0.05, 0.1) is 17.6 Å². The first-order valence-electron chi connectivity index (χ1n) is 6.17. The van der Waals surface area contributed by atoms with Crippen LogP contribution in [0.4, 0.5) is 5.82 Å². The van der Waals surface area contributed by atoms with E-state index in [4.69, 9.17) is 5.11 Å². The van der Waals surface area contributed by atoms with Gasteiger partial charge in [0.15, 0.2) is 0 Å². The summed E-state index contributed by atoms with van der Waals surface area (Å²) in [5.74, 6) is -0.351. The molecule has 0 atom stereocenters. The minimum absolute atomic E-state index is 0.0932. The van der Waals surface area contributed by atoms with Crippen LogP contribution in [-0.4, -0.2) is 21.0 Å². The molecule has 6 nitrogen and oxygen atoms in total. The van der Waals surface area contributed by atoms with Gasteiger partial charge in [0.1, 0.15) is 5.82 Å². The van der Waals surface area contributed by atoms with E-state index in [1.807, 2.05) is 0 Å². The van der Waals surface area contributed by atoms with Crippen molar-refractivity contribution in [2.24, 2.45) is 0 Å². The van der Waals surface area contributed by atoms with Gasteiger partial charge in [-0.05, 0) is 24.3 Å². The van der Waals surface area contributed by atoms with Gasteiger partial charge in [-0.2, -0.15) is 0 Å². The number of carboxylic acids is 1. The monoisotopic (exact) mass is 301 g/mol. The lowest BCUT2D eigenvalue weighted by Gasteiger charge is -2.07. The fraction of sp³-hybridized carbons (Fsp3) is 0.0714. The molecule has 3 aromatic rings. The third-order valence-electron chi connectivity index (χ3n) is 2.99. The van der Waals surface area contributed by atoms with E-state index in [1.54, 1.807) is 35.7 Å². The Morgan fingerprint density at radius 2 is 2.19 bits per heavy atom. The molecule has 106 valence electrons. The first-order chi connectivity index (χ1) is 10.1. The number of carbonyl (C=O) groups is 1. The van der Waals surface area contributed by atoms with Crippen LogP contribution in [0.1, 0.15) is 16.1 Å². The Morgan fingerprint density at radius 1 is 1.33 bits per heavy atom. The highest BCUT2D eigenvalue weighted by Crippen LogP contribution is 2.19. The lowest BCUT2D eigenvalue weighted by atomic mass is 10.1. The number of benzene rings is 1. The standard InChI is InChI=1S/C14H11N3O3S/c18-13(19)10-2-1-3-11-9(10)4-5-12(17-11)15-6-8-7-21-14(20)16-8/h1-5,7H,6H2,(H,15,17)(H,16,20)(H,18,19). The Kier molecular flexibility index (Phi) is 3.41. The molecule has 0 aliphatic heterocycles. The van der Waals surface area contributed by atoms with Crippen molar-refractivity contribution in [3.8, 4) is 0 Å². The van der Waals surface area contributed by atoms with Crippen molar-refractivity contribution in [3.05, 3.63) is 56.6 Å². The molecule has 0 saturated carbocycles. The molecule has 0 fully saturated rings. The van der Waals surface area contributed by atoms with Crippen LogP contribution >= 0.6 is 11.3 Å². The summed E-state index contributed by atoms with van der Waals surface area (Å²) in [6.07, 6.45) is 0. The number of nitrogens with zero attached hydrogens (tertiary/aromatic N) is 1. The fourth-order valence-electron chi connectivity index (χ4n) is 2.03. The van der Waals surface area contributed by atoms with Gasteiger partial charge in [0.25, 0.3) is 0 Å². The molecular formula is C14H11N3O3S. The number of thiazole rings is 1. The SMILES string of the molecule is O=C(O)c1cccc2nc(NCc3csc(=O)[nH]3)ccc12. The summed E-state index contributed by atoms with van der Waals surface area (Å²) in [5, 5.41) is 14.6. The maximum Gasteiger partial charge on any atom is 0.336 e. The Hall–Kier alpha value is -2.67. The number of nitrogens with one attached hydrogen (secondary N) is 2. The van der Waals surface area contributed by atoms with Gasteiger partial charge in [-0.3, -0.25) is 4.79 Å². The zero-order chi connectivity index (χ0) is 14.8. The van der Waals surface area contributed by atoms with Crippen LogP contribution in [0.5, 0.6) is 0 Å². The number of aromatic nitrogens is 2. The first-order valence-corrected chi connectivity index (χ1v) is 7.05. The van der Waals surface area contributed by atoms with E-state index in [0.717, 1.165) is 17.0 Å². The molecule has 0 amide bonds. The number of fused-ring (bicyclic) bond motifs is 1. The van der Waals surface area contributed by atoms with E-state index in [2.05, 4.69) is 15.3 Å². The highest BCUT2D eigenvalue weighted by Gasteiger charge is 2.09. The zero-order valence-electron chi connectivity index (χ0n) is 10.8. The molecule has 21 heavy (non-hydrogen) atoms. The van der Waals surface area contributed by atoms with E-state index < -0.39 is 5.97 Å². The summed E-state index contributed by atoms with van der Waals surface area (Å²) >= 11 is 1.11. The smallest absolute Gasteiger partial charge is 0.336 e. The number of pyridine rings is 1. The van der Waals surface area contributed by atoms with Crippen LogP contribution in [0.2, 0.25) is 0 Å². The second-order valence-corrected chi connectivity index (χ2v) is 5.24. The van der Waals surface area contributed by atoms with Gasteiger partial charge < -0.3 is 15.4 Å². The predicted octanol–water partition coefficient (Wildman–Crippen LogP) is 2.29. The quantitative estimate of drug-likeness (QED) is 0.687. The highest BCUT2D eigenvalue weighted by molar-refractivity contribution is 7.07. The summed E-state index contributed by atoms with van der Waals surface area (Å²) in [4.78, 5) is 29.2. The van der Waals surface area contributed by atoms with Crippen molar-refractivity contribution in [3.63, 3.8) is 0 Å². The number of H-pyrrole nitrogens is 1. The third kappa shape index (κ3) is 2.77. The largest absolute Gasteiger partial charge is 0.478 e. The molecule has 2 heterocycles. The fourth-order valence-corrected chi connectivity index (χ4v) is 2.61. The molecule has 0 saturated heterocycles. The number of hydrogen-bond donors (Lipinski definition) is 3. The molecular weight excluding hydrogens is 290 g/mol. The van der Waals surface area contributed by atoms with Gasteiger partial charge in [0, 0.05) is 16.5 Å². The van der Waals surface area contributed by atoms with E-state index in [-0.39, 0.29) is 10.4 Å². The van der Waals surface area contributed by atoms with Gasteiger partial charge >= 0.3 is 10.8 Å². The number of rotatable bonds is 4. The first kappa shape index (κ1) is 13.3. The average molecular weight is 301 g/mol. The van der Waals surface area contributed by atoms with Crippen molar-refractivity contribution in [1.82, 2.24) is 9.97 Å². The number of hydrogen-bond acceptors (Lipinski definition) is 5. The zero-order valence-corrected chi connectivity index (χ0v) is 11.6. The normalized spacial score (nSPS) is 10.7. The van der Waals surface area contributed by atoms with Gasteiger partial charge in [-0.25, -0.2) is 9.78 Å². The minimum atomic E-state index is -0.973. The van der Waals surface area contributed by atoms with Crippen LogP contribution in [0.15, 0.2) is 40.5 Å². The van der Waals surface area contributed by atoms with Crippen molar-refractivity contribution in [2.45, 2.75) is 6.54 Å². The Labute approximate surface area is 123 Å². The Bertz CT molecular complexity index is 869. The van der Waals surface area contributed by atoms with Crippen molar-refractivity contribution >= 4 is 34.0 Å². The topological polar surface area (TPSA) is 95.1 Å². The van der Waals surface area contributed by atoms with Gasteiger partial charge in [-0.1, -0.05) is 17.4 Å². The molecule has 0 aliphatic rings. The number of carboxylic acid groups (broad SMARTS) is 1. The predicted molar refractivity (Wildman–Crippen MR) is 81.0 cm³/mol. The molecule has 3 rings (SSSR count). The molecule has 0 radical (unpaired) electrons. The van der Waals surface area contributed by atoms with E-state index in [9.17, 15) is 9.59 Å². The maximum absolute atomic E-state index is 11.1. The van der Waals surface area contributed by atoms with E-state index in [1.165, 1.54) is 0 Å². The molecule has 1 aromatic carbocycles. The van der Waals surface area contributed by atoms with Gasteiger partial charge in [0.2, 0.25) is 0 Å². The molecule has 7 heteroatoms. The number of aromatic carboxylic acids is 1. The van der Waals surface area contributed by atoms with Crippen LogP contribution in [-0.2, 0) is 6.54 Å². The van der Waals surface area contributed by atoms with Crippen molar-refractivity contribution in [1.29, 1.82) is 0 Å². The summed E-state index contributed by atoms with van der Waals surface area (Å²) < 4.78 is 0. The second kappa shape index (κ2) is 5.37. The van der Waals surface area contributed by atoms with Crippen molar-refractivity contribution < 1.29 is 9.90 Å². The number of aromatic amines is 1. The lowest BCUT2D eigenvalue weighted by molar-refractivity contribution is 0.0699. The summed E-state index contributed by atoms with van der Waals surface area (Å²) in [6.45, 7) is 0.454. The summed E-state index contributed by atoms with van der Waals surface area (Å²) in [6, 6.07) is 8.43. The van der Waals surface area contributed by atoms with Gasteiger partial charge in [-0.15, -0.1) is 0 Å².